The molecular weight excluding hydrogens is 477 g/mol. The van der Waals surface area contributed by atoms with Crippen LogP contribution in [0.15, 0.2) is 36.4 Å². The maximum absolute atomic E-state index is 14.3. The topological polar surface area (TPSA) is 108 Å². The number of carbonyl (C=O) groups excluding carboxylic acids is 3. The van der Waals surface area contributed by atoms with Crippen LogP contribution in [0.3, 0.4) is 0 Å². The lowest BCUT2D eigenvalue weighted by Crippen LogP contribution is -2.66. The molecule has 2 aromatic rings. The van der Waals surface area contributed by atoms with Crippen molar-refractivity contribution in [1.82, 2.24) is 10.2 Å². The first-order valence-electron chi connectivity index (χ1n) is 11.3. The summed E-state index contributed by atoms with van der Waals surface area (Å²) in [6.45, 7) is 4.03. The number of rotatable bonds is 8. The van der Waals surface area contributed by atoms with Crippen molar-refractivity contribution in [2.75, 3.05) is 38.7 Å². The monoisotopic (exact) mass is 505 g/mol. The van der Waals surface area contributed by atoms with Crippen molar-refractivity contribution in [1.29, 1.82) is 0 Å². The fraction of sp³-hybridized carbons (Fsp3) is 0.400. The molecule has 0 saturated carbocycles. The second kappa shape index (κ2) is 11.0. The number of aliphatic hydroxyl groups excluding tert-OH is 1. The molecule has 1 heterocycles. The van der Waals surface area contributed by atoms with E-state index in [1.807, 2.05) is 38.1 Å². The molecule has 0 aromatic heterocycles. The van der Waals surface area contributed by atoms with E-state index in [0.29, 0.717) is 6.42 Å². The van der Waals surface area contributed by atoms with E-state index in [4.69, 9.17) is 21.4 Å². The van der Waals surface area contributed by atoms with Gasteiger partial charge in [-0.1, -0.05) is 49.7 Å². The Morgan fingerprint density at radius 1 is 1.23 bits per heavy atom. The van der Waals surface area contributed by atoms with Crippen LogP contribution in [-0.4, -0.2) is 61.3 Å². The van der Waals surface area contributed by atoms with Crippen molar-refractivity contribution in [2.24, 2.45) is 0 Å². The summed E-state index contributed by atoms with van der Waals surface area (Å²) in [7, 11) is 1.41. The predicted octanol–water partition coefficient (Wildman–Crippen LogP) is 3.67. The molecule has 8 nitrogen and oxygen atoms in total. The third-order valence-electron chi connectivity index (χ3n) is 6.02. The number of amides is 3. The molecule has 2 aromatic carbocycles. The van der Waals surface area contributed by atoms with Crippen molar-refractivity contribution < 1.29 is 28.6 Å². The van der Waals surface area contributed by atoms with Gasteiger partial charge in [0, 0.05) is 33.2 Å². The number of nitrogens with zero attached hydrogens (tertiary/aromatic N) is 1. The Balaban J connectivity index is 1.98. The number of carbonyl (C=O) groups is 3. The highest BCUT2D eigenvalue weighted by atomic mass is 35.5. The summed E-state index contributed by atoms with van der Waals surface area (Å²) in [6, 6.07) is 9.62. The number of likely N-dealkylation sites (tertiary alicyclic amines) is 1. The molecule has 0 bridgehead atoms. The molecule has 0 atom stereocenters. The van der Waals surface area contributed by atoms with Crippen molar-refractivity contribution in [3.05, 3.63) is 63.9 Å². The number of halogens is 2. The number of benzene rings is 2. The maximum atomic E-state index is 14.3. The highest BCUT2D eigenvalue weighted by Gasteiger charge is 2.54. The van der Waals surface area contributed by atoms with E-state index in [0.717, 1.165) is 23.3 Å². The van der Waals surface area contributed by atoms with Crippen LogP contribution in [0.4, 0.5) is 14.9 Å². The molecule has 0 aliphatic carbocycles. The Morgan fingerprint density at radius 3 is 2.54 bits per heavy atom. The van der Waals surface area contributed by atoms with E-state index in [2.05, 4.69) is 10.6 Å². The predicted molar refractivity (Wildman–Crippen MR) is 130 cm³/mol. The quantitative estimate of drug-likeness (QED) is 0.474. The summed E-state index contributed by atoms with van der Waals surface area (Å²) in [5.74, 6) is -1.72. The molecule has 1 aliphatic rings. The zero-order valence-electron chi connectivity index (χ0n) is 19.9. The van der Waals surface area contributed by atoms with Crippen LogP contribution in [0, 0.1) is 5.82 Å². The highest BCUT2D eigenvalue weighted by molar-refractivity contribution is 6.31. The van der Waals surface area contributed by atoms with Gasteiger partial charge in [-0.05, 0) is 29.2 Å². The number of anilines is 1. The van der Waals surface area contributed by atoms with Gasteiger partial charge in [-0.25, -0.2) is 9.18 Å². The molecule has 1 aliphatic heterocycles. The minimum atomic E-state index is -1.15. The van der Waals surface area contributed by atoms with Crippen molar-refractivity contribution >= 4 is 35.2 Å². The molecule has 0 unspecified atom stereocenters. The van der Waals surface area contributed by atoms with Crippen LogP contribution in [0.1, 0.15) is 47.7 Å². The second-order valence-corrected chi connectivity index (χ2v) is 9.12. The van der Waals surface area contributed by atoms with Gasteiger partial charge < -0.3 is 25.4 Å². The Morgan fingerprint density at radius 2 is 1.91 bits per heavy atom. The molecule has 3 amide bonds. The Bertz CT molecular complexity index is 1120. The summed E-state index contributed by atoms with van der Waals surface area (Å²) in [5, 5.41) is 13.8. The van der Waals surface area contributed by atoms with E-state index in [-0.39, 0.29) is 48.5 Å². The van der Waals surface area contributed by atoms with Crippen LogP contribution >= 0.6 is 11.6 Å². The first-order chi connectivity index (χ1) is 16.6. The average molecular weight is 506 g/mol. The van der Waals surface area contributed by atoms with Gasteiger partial charge in [-0.2, -0.15) is 0 Å². The fourth-order valence-electron chi connectivity index (χ4n) is 4.14. The van der Waals surface area contributed by atoms with E-state index in [1.165, 1.54) is 11.9 Å². The second-order valence-electron chi connectivity index (χ2n) is 8.72. The molecule has 0 spiro atoms. The molecule has 3 rings (SSSR count). The standard InChI is InChI=1S/C25H29ClFN3O5/c1-15(2)16-7-4-5-8-18(16)25(13-30(14-25)24(34)35-10-6-9-31)23(33)29-21-12-20(27)19(26)11-17(21)22(32)28-3/h4-5,7-8,11-12,15,31H,6,9-10,13-14H2,1-3H3,(H,28,32)(H,29,33). The lowest BCUT2D eigenvalue weighted by molar-refractivity contribution is -0.127. The SMILES string of the molecule is CNC(=O)c1cc(Cl)c(F)cc1NC(=O)C1(c2ccccc2C(C)C)CN(C(=O)OCCCO)C1. The van der Waals surface area contributed by atoms with E-state index in [1.54, 1.807) is 0 Å². The van der Waals surface area contributed by atoms with Gasteiger partial charge >= 0.3 is 6.09 Å². The van der Waals surface area contributed by atoms with E-state index < -0.39 is 29.1 Å². The van der Waals surface area contributed by atoms with E-state index >= 15 is 0 Å². The number of hydrogen-bond donors (Lipinski definition) is 3. The van der Waals surface area contributed by atoms with Gasteiger partial charge in [0.25, 0.3) is 5.91 Å². The number of nitrogens with one attached hydrogen (secondary N) is 2. The normalized spacial score (nSPS) is 14.3. The summed E-state index contributed by atoms with van der Waals surface area (Å²) in [4.78, 5) is 40.0. The molecule has 188 valence electrons. The fourth-order valence-corrected chi connectivity index (χ4v) is 4.30. The van der Waals surface area contributed by atoms with Crippen molar-refractivity contribution in [2.45, 2.75) is 31.6 Å². The van der Waals surface area contributed by atoms with Crippen molar-refractivity contribution in [3.8, 4) is 0 Å². The van der Waals surface area contributed by atoms with Crippen LogP contribution < -0.4 is 10.6 Å². The van der Waals surface area contributed by atoms with Gasteiger partial charge in [-0.3, -0.25) is 9.59 Å². The first-order valence-corrected chi connectivity index (χ1v) is 11.7. The van der Waals surface area contributed by atoms with Gasteiger partial charge in [0.05, 0.1) is 22.9 Å². The van der Waals surface area contributed by atoms with Crippen LogP contribution in [-0.2, 0) is 14.9 Å². The number of hydrogen-bond acceptors (Lipinski definition) is 5. The summed E-state index contributed by atoms with van der Waals surface area (Å²) in [6.07, 6.45) is -0.279. The summed E-state index contributed by atoms with van der Waals surface area (Å²) >= 11 is 5.87. The maximum Gasteiger partial charge on any atom is 0.409 e. The smallest absolute Gasteiger partial charge is 0.409 e. The Hall–Kier alpha value is -3.17. The molecule has 10 heteroatoms. The van der Waals surface area contributed by atoms with Gasteiger partial charge in [0.15, 0.2) is 0 Å². The molecule has 0 radical (unpaired) electrons. The van der Waals surface area contributed by atoms with Crippen LogP contribution in [0.2, 0.25) is 5.02 Å². The molecule has 3 N–H and O–H groups in total. The van der Waals surface area contributed by atoms with Crippen LogP contribution in [0.25, 0.3) is 0 Å². The lowest BCUT2D eigenvalue weighted by atomic mass is 9.70. The average Bonchev–Trinajstić information content (AvgIpc) is 2.80. The van der Waals surface area contributed by atoms with Crippen molar-refractivity contribution in [3.63, 3.8) is 0 Å². The third kappa shape index (κ3) is 5.41. The number of ether oxygens (including phenoxy) is 1. The summed E-state index contributed by atoms with van der Waals surface area (Å²) in [5.41, 5.74) is 0.515. The minimum absolute atomic E-state index is 0.0131. The first kappa shape index (κ1) is 26.4. The summed E-state index contributed by atoms with van der Waals surface area (Å²) < 4.78 is 19.4. The zero-order valence-corrected chi connectivity index (χ0v) is 20.6. The largest absolute Gasteiger partial charge is 0.449 e. The van der Waals surface area contributed by atoms with Crippen LogP contribution in [0.5, 0.6) is 0 Å². The molecular formula is C25H29ClFN3O5. The third-order valence-corrected chi connectivity index (χ3v) is 6.31. The van der Waals surface area contributed by atoms with Gasteiger partial charge in [0.2, 0.25) is 5.91 Å². The van der Waals surface area contributed by atoms with Gasteiger partial charge in [0.1, 0.15) is 11.2 Å². The molecule has 1 saturated heterocycles. The zero-order chi connectivity index (χ0) is 25.8. The molecule has 35 heavy (non-hydrogen) atoms. The minimum Gasteiger partial charge on any atom is -0.449 e. The number of aliphatic hydroxyl groups is 1. The molecule has 1 fully saturated rings. The van der Waals surface area contributed by atoms with Gasteiger partial charge in [-0.15, -0.1) is 0 Å². The van der Waals surface area contributed by atoms with E-state index in [9.17, 15) is 18.8 Å². The lowest BCUT2D eigenvalue weighted by Gasteiger charge is -2.49. The highest BCUT2D eigenvalue weighted by Crippen LogP contribution is 2.40. The Labute approximate surface area is 208 Å². The Kier molecular flexibility index (Phi) is 8.34.